The molecular weight excluding hydrogens is 452 g/mol. The number of hydrogen-bond acceptors (Lipinski definition) is 5. The molecule has 7 nitrogen and oxygen atoms in total. The minimum atomic E-state index is -3.68. The number of nitrogens with one attached hydrogen (secondary N) is 1. The first-order valence-electron chi connectivity index (χ1n) is 11.1. The SMILES string of the molecule is COc1ccc([C@H](C)NC(=O)COc2ccc(S(=O)(=O)N3CCc4ccccc43)cc2C)cc1. The number of hydrogen-bond donors (Lipinski definition) is 1. The van der Waals surface area contributed by atoms with Gasteiger partial charge in [0, 0.05) is 6.54 Å². The predicted molar refractivity (Wildman–Crippen MR) is 131 cm³/mol. The van der Waals surface area contributed by atoms with E-state index < -0.39 is 10.0 Å². The van der Waals surface area contributed by atoms with Crippen LogP contribution in [0.5, 0.6) is 11.5 Å². The zero-order chi connectivity index (χ0) is 24.3. The quantitative estimate of drug-likeness (QED) is 0.527. The van der Waals surface area contributed by atoms with Crippen LogP contribution in [0.1, 0.15) is 29.7 Å². The number of sulfonamides is 1. The van der Waals surface area contributed by atoms with Gasteiger partial charge in [-0.2, -0.15) is 0 Å². The van der Waals surface area contributed by atoms with Crippen LogP contribution in [0.15, 0.2) is 71.6 Å². The van der Waals surface area contributed by atoms with Gasteiger partial charge in [-0.1, -0.05) is 30.3 Å². The molecule has 3 aromatic carbocycles. The highest BCUT2D eigenvalue weighted by atomic mass is 32.2. The first-order chi connectivity index (χ1) is 16.3. The molecule has 0 radical (unpaired) electrons. The van der Waals surface area contributed by atoms with E-state index in [0.717, 1.165) is 22.6 Å². The van der Waals surface area contributed by atoms with Crippen LogP contribution in [0, 0.1) is 6.92 Å². The van der Waals surface area contributed by atoms with Crippen LogP contribution < -0.4 is 19.1 Å². The number of anilines is 1. The molecule has 0 unspecified atom stereocenters. The van der Waals surface area contributed by atoms with Gasteiger partial charge in [-0.3, -0.25) is 9.10 Å². The van der Waals surface area contributed by atoms with Gasteiger partial charge in [0.1, 0.15) is 11.5 Å². The van der Waals surface area contributed by atoms with E-state index in [1.54, 1.807) is 26.2 Å². The van der Waals surface area contributed by atoms with Gasteiger partial charge in [0.2, 0.25) is 0 Å². The van der Waals surface area contributed by atoms with E-state index in [0.29, 0.717) is 24.3 Å². The van der Waals surface area contributed by atoms with Gasteiger partial charge in [0.05, 0.1) is 23.7 Å². The molecule has 0 aromatic heterocycles. The molecule has 0 aliphatic carbocycles. The molecule has 1 heterocycles. The lowest BCUT2D eigenvalue weighted by Gasteiger charge is -2.20. The summed E-state index contributed by atoms with van der Waals surface area (Å²) in [5.41, 5.74) is 3.34. The van der Waals surface area contributed by atoms with Crippen LogP contribution in [-0.2, 0) is 21.2 Å². The van der Waals surface area contributed by atoms with Crippen molar-refractivity contribution < 1.29 is 22.7 Å². The highest BCUT2D eigenvalue weighted by molar-refractivity contribution is 7.92. The second-order valence-electron chi connectivity index (χ2n) is 8.23. The Bertz CT molecular complexity index is 1290. The molecule has 0 saturated heterocycles. The van der Waals surface area contributed by atoms with Gasteiger partial charge in [0.15, 0.2) is 6.61 Å². The van der Waals surface area contributed by atoms with Crippen molar-refractivity contribution in [3.63, 3.8) is 0 Å². The minimum Gasteiger partial charge on any atom is -0.497 e. The number of amides is 1. The Hall–Kier alpha value is -3.52. The fourth-order valence-electron chi connectivity index (χ4n) is 4.03. The molecule has 0 fully saturated rings. The molecule has 0 bridgehead atoms. The Kier molecular flexibility index (Phi) is 6.79. The molecule has 0 spiro atoms. The number of carbonyl (C=O) groups excluding carboxylic acids is 1. The van der Waals surface area contributed by atoms with Crippen molar-refractivity contribution in [1.29, 1.82) is 0 Å². The van der Waals surface area contributed by atoms with E-state index in [1.165, 1.54) is 10.4 Å². The third-order valence-corrected chi connectivity index (χ3v) is 7.74. The number of carbonyl (C=O) groups is 1. The summed E-state index contributed by atoms with van der Waals surface area (Å²) in [6, 6.07) is 19.5. The molecule has 1 N–H and O–H groups in total. The number of benzene rings is 3. The Morgan fingerprint density at radius 3 is 2.53 bits per heavy atom. The van der Waals surface area contributed by atoms with E-state index >= 15 is 0 Å². The Balaban J connectivity index is 1.39. The van der Waals surface area contributed by atoms with Crippen LogP contribution >= 0.6 is 0 Å². The summed E-state index contributed by atoms with van der Waals surface area (Å²) in [6.45, 7) is 3.91. The maximum absolute atomic E-state index is 13.2. The standard InChI is InChI=1S/C26H28N2O5S/c1-18-16-23(34(30,31)28-15-14-21-6-4-5-7-24(21)28)12-13-25(18)33-17-26(29)27-19(2)20-8-10-22(32-3)11-9-20/h4-13,16,19H,14-15,17H2,1-3H3,(H,27,29)/t19-/m0/s1. The summed E-state index contributed by atoms with van der Waals surface area (Å²) in [5.74, 6) is 0.946. The molecular formula is C26H28N2O5S. The van der Waals surface area contributed by atoms with E-state index in [-0.39, 0.29) is 23.5 Å². The summed E-state index contributed by atoms with van der Waals surface area (Å²) in [7, 11) is -2.08. The number of fused-ring (bicyclic) bond motifs is 1. The number of nitrogens with zero attached hydrogens (tertiary/aromatic N) is 1. The van der Waals surface area contributed by atoms with Crippen LogP contribution in [0.4, 0.5) is 5.69 Å². The van der Waals surface area contributed by atoms with Crippen LogP contribution in [0.2, 0.25) is 0 Å². The maximum atomic E-state index is 13.2. The predicted octanol–water partition coefficient (Wildman–Crippen LogP) is 4.01. The van der Waals surface area contributed by atoms with Crippen molar-refractivity contribution in [1.82, 2.24) is 5.32 Å². The highest BCUT2D eigenvalue weighted by Gasteiger charge is 2.30. The molecule has 8 heteroatoms. The van der Waals surface area contributed by atoms with Gasteiger partial charge in [-0.05, 0) is 73.4 Å². The van der Waals surface area contributed by atoms with E-state index in [2.05, 4.69) is 5.32 Å². The summed E-state index contributed by atoms with van der Waals surface area (Å²) in [4.78, 5) is 12.6. The number of aryl methyl sites for hydroxylation is 1. The van der Waals surface area contributed by atoms with Gasteiger partial charge in [-0.25, -0.2) is 8.42 Å². The third kappa shape index (κ3) is 4.87. The Labute approximate surface area is 200 Å². The Morgan fingerprint density at radius 2 is 1.82 bits per heavy atom. The molecule has 1 atom stereocenters. The number of rotatable bonds is 8. The molecule has 3 aromatic rings. The van der Waals surface area contributed by atoms with E-state index in [1.807, 2.05) is 55.5 Å². The van der Waals surface area contributed by atoms with Crippen LogP contribution in [0.25, 0.3) is 0 Å². The van der Waals surface area contributed by atoms with Crippen molar-refractivity contribution in [3.8, 4) is 11.5 Å². The van der Waals surface area contributed by atoms with Crippen molar-refractivity contribution >= 4 is 21.6 Å². The molecule has 1 aliphatic rings. The highest BCUT2D eigenvalue weighted by Crippen LogP contribution is 2.33. The first-order valence-corrected chi connectivity index (χ1v) is 12.5. The average molecular weight is 481 g/mol. The zero-order valence-electron chi connectivity index (χ0n) is 19.4. The summed E-state index contributed by atoms with van der Waals surface area (Å²) in [6.07, 6.45) is 0.694. The van der Waals surface area contributed by atoms with Gasteiger partial charge in [0.25, 0.3) is 15.9 Å². The smallest absolute Gasteiger partial charge is 0.264 e. The molecule has 34 heavy (non-hydrogen) atoms. The number of para-hydroxylation sites is 1. The normalized spacial score (nSPS) is 13.8. The van der Waals surface area contributed by atoms with Crippen LogP contribution in [0.3, 0.4) is 0 Å². The van der Waals surface area contributed by atoms with Crippen molar-refractivity contribution in [2.45, 2.75) is 31.2 Å². The fourth-order valence-corrected chi connectivity index (χ4v) is 5.62. The van der Waals surface area contributed by atoms with Gasteiger partial charge < -0.3 is 14.8 Å². The molecule has 178 valence electrons. The second-order valence-corrected chi connectivity index (χ2v) is 10.1. The van der Waals surface area contributed by atoms with E-state index in [4.69, 9.17) is 9.47 Å². The topological polar surface area (TPSA) is 84.9 Å². The third-order valence-electron chi connectivity index (χ3n) is 5.93. The Morgan fingerprint density at radius 1 is 1.09 bits per heavy atom. The summed E-state index contributed by atoms with van der Waals surface area (Å²) >= 11 is 0. The van der Waals surface area contributed by atoms with Gasteiger partial charge >= 0.3 is 0 Å². The fraction of sp³-hybridized carbons (Fsp3) is 0.269. The summed E-state index contributed by atoms with van der Waals surface area (Å²) in [5, 5.41) is 2.90. The lowest BCUT2D eigenvalue weighted by atomic mass is 10.1. The maximum Gasteiger partial charge on any atom is 0.264 e. The monoisotopic (exact) mass is 480 g/mol. The molecule has 1 amide bonds. The molecule has 0 saturated carbocycles. The number of methoxy groups -OCH3 is 1. The zero-order valence-corrected chi connectivity index (χ0v) is 20.3. The van der Waals surface area contributed by atoms with Gasteiger partial charge in [-0.15, -0.1) is 0 Å². The average Bonchev–Trinajstić information content (AvgIpc) is 3.28. The summed E-state index contributed by atoms with van der Waals surface area (Å²) < 4.78 is 38.8. The first kappa shape index (κ1) is 23.6. The molecule has 4 rings (SSSR count). The minimum absolute atomic E-state index is 0.174. The van der Waals surface area contributed by atoms with Crippen LogP contribution in [-0.4, -0.2) is 34.6 Å². The largest absolute Gasteiger partial charge is 0.497 e. The molecule has 1 aliphatic heterocycles. The van der Waals surface area contributed by atoms with Crippen molar-refractivity contribution in [3.05, 3.63) is 83.4 Å². The van der Waals surface area contributed by atoms with Crippen molar-refractivity contribution in [2.24, 2.45) is 0 Å². The van der Waals surface area contributed by atoms with E-state index in [9.17, 15) is 13.2 Å². The number of ether oxygens (including phenoxy) is 2. The lowest BCUT2D eigenvalue weighted by Crippen LogP contribution is -2.31. The second kappa shape index (κ2) is 9.77. The lowest BCUT2D eigenvalue weighted by molar-refractivity contribution is -0.123. The van der Waals surface area contributed by atoms with Crippen molar-refractivity contribution in [2.75, 3.05) is 24.6 Å².